The van der Waals surface area contributed by atoms with Crippen molar-refractivity contribution in [1.82, 2.24) is 5.32 Å². The number of ether oxygens (including phenoxy) is 1. The predicted octanol–water partition coefficient (Wildman–Crippen LogP) is 5.68. The van der Waals surface area contributed by atoms with E-state index in [0.29, 0.717) is 0 Å². The second-order valence-corrected chi connectivity index (χ2v) is 6.72. The molecule has 2 nitrogen and oxygen atoms in total. The van der Waals surface area contributed by atoms with Crippen LogP contribution in [0.4, 0.5) is 0 Å². The van der Waals surface area contributed by atoms with Crippen LogP contribution in [0.5, 0.6) is 5.75 Å². The normalized spacial score (nSPS) is 10.8. The number of para-hydroxylation sites is 1. The molecule has 0 aliphatic heterocycles. The number of hydrogen-bond donors (Lipinski definition) is 1. The second-order valence-electron chi connectivity index (χ2n) is 6.72. The van der Waals surface area contributed by atoms with Gasteiger partial charge in [0.2, 0.25) is 0 Å². The smallest absolute Gasteiger partial charge is 0.123 e. The third kappa shape index (κ3) is 7.31. The Bertz CT molecular complexity index is 609. The lowest BCUT2D eigenvalue weighted by Gasteiger charge is -2.12. The molecule has 0 spiro atoms. The summed E-state index contributed by atoms with van der Waals surface area (Å²) in [4.78, 5) is 0. The zero-order valence-electron chi connectivity index (χ0n) is 15.9. The van der Waals surface area contributed by atoms with Crippen molar-refractivity contribution in [2.75, 3.05) is 13.2 Å². The van der Waals surface area contributed by atoms with Gasteiger partial charge >= 0.3 is 0 Å². The van der Waals surface area contributed by atoms with E-state index in [-0.39, 0.29) is 0 Å². The molecule has 1 N–H and O–H groups in total. The highest BCUT2D eigenvalue weighted by atomic mass is 16.5. The number of benzene rings is 2. The molecule has 0 saturated carbocycles. The molecule has 136 valence electrons. The van der Waals surface area contributed by atoms with Gasteiger partial charge in [-0.05, 0) is 43.5 Å². The fraction of sp³-hybridized carbons (Fsp3) is 0.478. The van der Waals surface area contributed by atoms with Crippen molar-refractivity contribution in [3.8, 4) is 5.75 Å². The van der Waals surface area contributed by atoms with Crippen LogP contribution in [-0.4, -0.2) is 13.2 Å². The molecule has 0 radical (unpaired) electrons. The maximum Gasteiger partial charge on any atom is 0.123 e. The first-order chi connectivity index (χ1) is 12.3. The summed E-state index contributed by atoms with van der Waals surface area (Å²) in [5, 5.41) is 3.56. The number of nitrogens with one attached hydrogen (secondary N) is 1. The molecule has 0 saturated heterocycles. The van der Waals surface area contributed by atoms with Gasteiger partial charge in [-0.3, -0.25) is 0 Å². The summed E-state index contributed by atoms with van der Waals surface area (Å²) in [6, 6.07) is 17.0. The van der Waals surface area contributed by atoms with Gasteiger partial charge in [0, 0.05) is 12.1 Å². The fourth-order valence-electron chi connectivity index (χ4n) is 3.02. The monoisotopic (exact) mass is 339 g/mol. The van der Waals surface area contributed by atoms with Crippen molar-refractivity contribution in [3.63, 3.8) is 0 Å². The van der Waals surface area contributed by atoms with E-state index in [9.17, 15) is 0 Å². The van der Waals surface area contributed by atoms with Crippen LogP contribution in [0.2, 0.25) is 0 Å². The number of hydrogen-bond acceptors (Lipinski definition) is 2. The molecule has 2 heteroatoms. The summed E-state index contributed by atoms with van der Waals surface area (Å²) in [5.41, 5.74) is 4.04. The number of aryl methyl sites for hydroxylation is 1. The molecular weight excluding hydrogens is 306 g/mol. The van der Waals surface area contributed by atoms with Crippen molar-refractivity contribution in [3.05, 3.63) is 65.2 Å². The summed E-state index contributed by atoms with van der Waals surface area (Å²) in [7, 11) is 0. The van der Waals surface area contributed by atoms with Crippen LogP contribution >= 0.6 is 0 Å². The maximum atomic E-state index is 6.01. The molecule has 0 fully saturated rings. The van der Waals surface area contributed by atoms with Crippen LogP contribution in [0.15, 0.2) is 48.5 Å². The van der Waals surface area contributed by atoms with Crippen molar-refractivity contribution >= 4 is 0 Å². The Labute approximate surface area is 153 Å². The molecule has 0 heterocycles. The zero-order valence-corrected chi connectivity index (χ0v) is 15.9. The van der Waals surface area contributed by atoms with Gasteiger partial charge in [0.25, 0.3) is 0 Å². The average Bonchev–Trinajstić information content (AvgIpc) is 2.64. The molecule has 0 atom stereocenters. The van der Waals surface area contributed by atoms with Gasteiger partial charge in [-0.15, -0.1) is 0 Å². The molecule has 0 unspecified atom stereocenters. The average molecular weight is 340 g/mol. The Hall–Kier alpha value is -1.80. The zero-order chi connectivity index (χ0) is 17.7. The SMILES string of the molecule is CCCCCCCOc1ccccc1CNCCc1ccccc1C. The van der Waals surface area contributed by atoms with Crippen LogP contribution in [0, 0.1) is 6.92 Å². The second kappa shape index (κ2) is 11.7. The van der Waals surface area contributed by atoms with Crippen LogP contribution < -0.4 is 10.1 Å². The lowest BCUT2D eigenvalue weighted by atomic mass is 10.1. The molecule has 0 aromatic heterocycles. The van der Waals surface area contributed by atoms with Gasteiger partial charge in [-0.1, -0.05) is 75.1 Å². The van der Waals surface area contributed by atoms with Crippen molar-refractivity contribution in [2.24, 2.45) is 0 Å². The molecule has 2 aromatic carbocycles. The molecule has 25 heavy (non-hydrogen) atoms. The quantitative estimate of drug-likeness (QED) is 0.503. The lowest BCUT2D eigenvalue weighted by Crippen LogP contribution is -2.17. The number of rotatable bonds is 12. The van der Waals surface area contributed by atoms with E-state index >= 15 is 0 Å². The first-order valence-electron chi connectivity index (χ1n) is 9.77. The molecule has 0 aliphatic carbocycles. The van der Waals surface area contributed by atoms with E-state index in [1.54, 1.807) is 0 Å². The van der Waals surface area contributed by atoms with Crippen molar-refractivity contribution in [1.29, 1.82) is 0 Å². The lowest BCUT2D eigenvalue weighted by molar-refractivity contribution is 0.301. The van der Waals surface area contributed by atoms with Gasteiger partial charge in [-0.25, -0.2) is 0 Å². The minimum atomic E-state index is 0.823. The van der Waals surface area contributed by atoms with Gasteiger partial charge in [0.1, 0.15) is 5.75 Å². The third-order valence-electron chi connectivity index (χ3n) is 4.63. The van der Waals surface area contributed by atoms with Gasteiger partial charge < -0.3 is 10.1 Å². The Morgan fingerprint density at radius 2 is 1.56 bits per heavy atom. The van der Waals surface area contributed by atoms with Gasteiger partial charge in [0.15, 0.2) is 0 Å². The van der Waals surface area contributed by atoms with Crippen LogP contribution in [0.3, 0.4) is 0 Å². The van der Waals surface area contributed by atoms with Crippen LogP contribution in [-0.2, 0) is 13.0 Å². The van der Waals surface area contributed by atoms with Crippen molar-refractivity contribution in [2.45, 2.75) is 58.9 Å². The number of unbranched alkanes of at least 4 members (excludes halogenated alkanes) is 4. The first kappa shape index (κ1) is 19.5. The van der Waals surface area contributed by atoms with E-state index in [1.165, 1.54) is 42.4 Å². The minimum Gasteiger partial charge on any atom is -0.493 e. The summed E-state index contributed by atoms with van der Waals surface area (Å²) in [6.07, 6.45) is 7.42. The van der Waals surface area contributed by atoms with E-state index in [1.807, 2.05) is 0 Å². The van der Waals surface area contributed by atoms with Crippen LogP contribution in [0.1, 0.15) is 55.7 Å². The Morgan fingerprint density at radius 1 is 0.840 bits per heavy atom. The molecular formula is C23H33NO. The Kier molecular flexibility index (Phi) is 9.14. The first-order valence-corrected chi connectivity index (χ1v) is 9.77. The topological polar surface area (TPSA) is 21.3 Å². The summed E-state index contributed by atoms with van der Waals surface area (Å²) in [5.74, 6) is 1.03. The van der Waals surface area contributed by atoms with Crippen molar-refractivity contribution < 1.29 is 4.74 Å². The standard InChI is InChI=1S/C23H33NO/c1-3-4-5-6-11-18-25-23-15-10-9-14-22(23)19-24-17-16-21-13-8-7-12-20(21)2/h7-10,12-15,24H,3-6,11,16-19H2,1-2H3. The molecule has 2 rings (SSSR count). The van der Waals surface area contributed by atoms with E-state index in [4.69, 9.17) is 4.74 Å². The summed E-state index contributed by atoms with van der Waals surface area (Å²) in [6.45, 7) is 7.09. The summed E-state index contributed by atoms with van der Waals surface area (Å²) < 4.78 is 6.01. The van der Waals surface area contributed by atoms with E-state index in [2.05, 4.69) is 67.7 Å². The maximum absolute atomic E-state index is 6.01. The van der Waals surface area contributed by atoms with E-state index in [0.717, 1.165) is 38.3 Å². The largest absolute Gasteiger partial charge is 0.493 e. The van der Waals surface area contributed by atoms with Gasteiger partial charge in [-0.2, -0.15) is 0 Å². The molecule has 0 amide bonds. The molecule has 2 aromatic rings. The van der Waals surface area contributed by atoms with Crippen LogP contribution in [0.25, 0.3) is 0 Å². The summed E-state index contributed by atoms with van der Waals surface area (Å²) >= 11 is 0. The third-order valence-corrected chi connectivity index (χ3v) is 4.63. The molecule has 0 bridgehead atoms. The highest BCUT2D eigenvalue weighted by Crippen LogP contribution is 2.18. The predicted molar refractivity (Wildman–Crippen MR) is 107 cm³/mol. The Balaban J connectivity index is 1.71. The van der Waals surface area contributed by atoms with E-state index < -0.39 is 0 Å². The molecule has 0 aliphatic rings. The minimum absolute atomic E-state index is 0.823. The van der Waals surface area contributed by atoms with Gasteiger partial charge in [0.05, 0.1) is 6.61 Å². The highest BCUT2D eigenvalue weighted by Gasteiger charge is 2.03. The highest BCUT2D eigenvalue weighted by molar-refractivity contribution is 5.33. The fourth-order valence-corrected chi connectivity index (χ4v) is 3.02. The Morgan fingerprint density at radius 3 is 2.36 bits per heavy atom.